The highest BCUT2D eigenvalue weighted by Crippen LogP contribution is 2.35. The molecule has 0 spiro atoms. The summed E-state index contributed by atoms with van der Waals surface area (Å²) < 4.78 is 12.0. The topological polar surface area (TPSA) is 38.7 Å². The number of ether oxygens (including phenoxy) is 2. The Morgan fingerprint density at radius 3 is 2.22 bits per heavy atom. The third-order valence-electron chi connectivity index (χ3n) is 3.68. The highest BCUT2D eigenvalue weighted by atomic mass is 16.8. The first-order valence-electron chi connectivity index (χ1n) is 6.73. The Labute approximate surface area is 109 Å². The van der Waals surface area contributed by atoms with Crippen molar-refractivity contribution in [3.05, 3.63) is 35.9 Å². The van der Waals surface area contributed by atoms with Gasteiger partial charge in [-0.25, -0.2) is 0 Å². The molecule has 0 aromatic heterocycles. The van der Waals surface area contributed by atoms with Gasteiger partial charge in [0.05, 0.1) is 12.7 Å². The summed E-state index contributed by atoms with van der Waals surface area (Å²) in [5, 5.41) is 9.43. The highest BCUT2D eigenvalue weighted by Gasteiger charge is 2.44. The van der Waals surface area contributed by atoms with Crippen LogP contribution in [0.2, 0.25) is 0 Å². The van der Waals surface area contributed by atoms with Gasteiger partial charge >= 0.3 is 0 Å². The minimum absolute atomic E-state index is 0.0131. The molecule has 18 heavy (non-hydrogen) atoms. The Morgan fingerprint density at radius 2 is 1.67 bits per heavy atom. The predicted octanol–water partition coefficient (Wildman–Crippen LogP) is 2.52. The molecule has 1 aromatic carbocycles. The molecule has 2 unspecified atom stereocenters. The van der Waals surface area contributed by atoms with Crippen LogP contribution in [-0.4, -0.2) is 29.7 Å². The summed E-state index contributed by atoms with van der Waals surface area (Å²) in [5.74, 6) is -0.507. The summed E-state index contributed by atoms with van der Waals surface area (Å²) in [4.78, 5) is 0. The molecule has 2 atom stereocenters. The van der Waals surface area contributed by atoms with Crippen LogP contribution in [0.25, 0.3) is 0 Å². The van der Waals surface area contributed by atoms with Crippen LogP contribution >= 0.6 is 0 Å². The zero-order valence-corrected chi connectivity index (χ0v) is 11.1. The van der Waals surface area contributed by atoms with E-state index in [2.05, 4.69) is 26.0 Å². The van der Waals surface area contributed by atoms with Crippen molar-refractivity contribution in [1.29, 1.82) is 0 Å². The van der Waals surface area contributed by atoms with E-state index in [0.29, 0.717) is 0 Å². The standard InChI is InChI=1S/C15H22O3/c1-3-15(4-2)17-13(14(11-16)18-15)10-12-8-6-5-7-9-12/h5-9,13-14,16H,3-4,10-11H2,1-2H3. The van der Waals surface area contributed by atoms with Gasteiger partial charge in [0.1, 0.15) is 6.10 Å². The van der Waals surface area contributed by atoms with Crippen molar-refractivity contribution in [2.45, 2.75) is 51.1 Å². The minimum atomic E-state index is -0.507. The summed E-state index contributed by atoms with van der Waals surface area (Å²) >= 11 is 0. The van der Waals surface area contributed by atoms with E-state index in [1.54, 1.807) is 0 Å². The molecule has 0 saturated carbocycles. The van der Waals surface area contributed by atoms with Crippen LogP contribution in [0.1, 0.15) is 32.3 Å². The molecular weight excluding hydrogens is 228 g/mol. The van der Waals surface area contributed by atoms with Crippen LogP contribution in [0.4, 0.5) is 0 Å². The maximum atomic E-state index is 9.43. The van der Waals surface area contributed by atoms with E-state index in [1.807, 2.05) is 18.2 Å². The van der Waals surface area contributed by atoms with Gasteiger partial charge in [-0.2, -0.15) is 0 Å². The Balaban J connectivity index is 2.08. The monoisotopic (exact) mass is 250 g/mol. The number of hydrogen-bond donors (Lipinski definition) is 1. The molecule has 100 valence electrons. The lowest BCUT2D eigenvalue weighted by molar-refractivity contribution is -0.181. The summed E-state index contributed by atoms with van der Waals surface area (Å²) in [7, 11) is 0. The van der Waals surface area contributed by atoms with E-state index in [4.69, 9.17) is 9.47 Å². The number of aliphatic hydroxyl groups is 1. The lowest BCUT2D eigenvalue weighted by Gasteiger charge is -2.25. The van der Waals surface area contributed by atoms with Crippen molar-refractivity contribution in [3.8, 4) is 0 Å². The Bertz CT molecular complexity index is 359. The molecule has 3 heteroatoms. The lowest BCUT2D eigenvalue weighted by Crippen LogP contribution is -2.29. The predicted molar refractivity (Wildman–Crippen MR) is 70.3 cm³/mol. The SMILES string of the molecule is CCC1(CC)OC(CO)C(Cc2ccccc2)O1. The molecule has 0 bridgehead atoms. The zero-order valence-electron chi connectivity index (χ0n) is 11.1. The first kappa shape index (κ1) is 13.5. The number of aliphatic hydroxyl groups excluding tert-OH is 1. The molecule has 0 aliphatic carbocycles. The van der Waals surface area contributed by atoms with Crippen LogP contribution in [-0.2, 0) is 15.9 Å². The Hall–Kier alpha value is -0.900. The maximum Gasteiger partial charge on any atom is 0.168 e. The van der Waals surface area contributed by atoms with E-state index >= 15 is 0 Å². The van der Waals surface area contributed by atoms with Crippen molar-refractivity contribution in [3.63, 3.8) is 0 Å². The van der Waals surface area contributed by atoms with Gasteiger partial charge in [0.2, 0.25) is 0 Å². The van der Waals surface area contributed by atoms with E-state index in [0.717, 1.165) is 19.3 Å². The maximum absolute atomic E-state index is 9.43. The average Bonchev–Trinajstić information content (AvgIpc) is 2.79. The van der Waals surface area contributed by atoms with Gasteiger partial charge in [0.15, 0.2) is 5.79 Å². The van der Waals surface area contributed by atoms with Gasteiger partial charge in [0, 0.05) is 6.42 Å². The summed E-state index contributed by atoms with van der Waals surface area (Å²) in [5.41, 5.74) is 1.22. The minimum Gasteiger partial charge on any atom is -0.394 e. The summed E-state index contributed by atoms with van der Waals surface area (Å²) in [6, 6.07) is 10.2. The number of benzene rings is 1. The average molecular weight is 250 g/mol. The molecule has 0 amide bonds. The highest BCUT2D eigenvalue weighted by molar-refractivity contribution is 5.16. The quantitative estimate of drug-likeness (QED) is 0.872. The van der Waals surface area contributed by atoms with Crippen LogP contribution < -0.4 is 0 Å². The van der Waals surface area contributed by atoms with E-state index in [1.165, 1.54) is 5.56 Å². The first-order chi connectivity index (χ1) is 8.73. The molecule has 1 aromatic rings. The van der Waals surface area contributed by atoms with E-state index < -0.39 is 5.79 Å². The molecular formula is C15H22O3. The van der Waals surface area contributed by atoms with E-state index in [9.17, 15) is 5.11 Å². The molecule has 1 aliphatic rings. The van der Waals surface area contributed by atoms with Gasteiger partial charge in [-0.3, -0.25) is 0 Å². The van der Waals surface area contributed by atoms with Gasteiger partial charge in [-0.1, -0.05) is 44.2 Å². The van der Waals surface area contributed by atoms with Gasteiger partial charge in [-0.05, 0) is 18.4 Å². The molecule has 1 N–H and O–H groups in total. The van der Waals surface area contributed by atoms with Crippen LogP contribution in [0.15, 0.2) is 30.3 Å². The molecule has 3 nitrogen and oxygen atoms in total. The second kappa shape index (κ2) is 5.83. The van der Waals surface area contributed by atoms with Crippen molar-refractivity contribution in [2.75, 3.05) is 6.61 Å². The second-order valence-corrected chi connectivity index (χ2v) is 4.80. The molecule has 1 aliphatic heterocycles. The van der Waals surface area contributed by atoms with Gasteiger partial charge in [-0.15, -0.1) is 0 Å². The lowest BCUT2D eigenvalue weighted by atomic mass is 10.0. The third kappa shape index (κ3) is 2.74. The molecule has 1 fully saturated rings. The molecule has 2 rings (SSSR count). The van der Waals surface area contributed by atoms with Crippen molar-refractivity contribution < 1.29 is 14.6 Å². The molecule has 1 heterocycles. The largest absolute Gasteiger partial charge is 0.394 e. The first-order valence-corrected chi connectivity index (χ1v) is 6.73. The van der Waals surface area contributed by atoms with Crippen LogP contribution in [0.5, 0.6) is 0 Å². The molecule has 1 saturated heterocycles. The van der Waals surface area contributed by atoms with Crippen LogP contribution in [0, 0.1) is 0 Å². The summed E-state index contributed by atoms with van der Waals surface area (Å²) in [6.45, 7) is 4.13. The fourth-order valence-corrected chi connectivity index (χ4v) is 2.49. The number of rotatable bonds is 5. The normalized spacial score (nSPS) is 26.4. The fourth-order valence-electron chi connectivity index (χ4n) is 2.49. The third-order valence-corrected chi connectivity index (χ3v) is 3.68. The number of hydrogen-bond acceptors (Lipinski definition) is 3. The smallest absolute Gasteiger partial charge is 0.168 e. The second-order valence-electron chi connectivity index (χ2n) is 4.80. The molecule has 0 radical (unpaired) electrons. The summed E-state index contributed by atoms with van der Waals surface area (Å²) in [6.07, 6.45) is 2.13. The zero-order chi connectivity index (χ0) is 13.0. The van der Waals surface area contributed by atoms with Crippen molar-refractivity contribution >= 4 is 0 Å². The van der Waals surface area contributed by atoms with Gasteiger partial charge < -0.3 is 14.6 Å². The fraction of sp³-hybridized carbons (Fsp3) is 0.600. The van der Waals surface area contributed by atoms with Gasteiger partial charge in [0.25, 0.3) is 0 Å². The Kier molecular flexibility index (Phi) is 4.38. The van der Waals surface area contributed by atoms with Crippen LogP contribution in [0.3, 0.4) is 0 Å². The van der Waals surface area contributed by atoms with E-state index in [-0.39, 0.29) is 18.8 Å². The van der Waals surface area contributed by atoms with Crippen molar-refractivity contribution in [2.24, 2.45) is 0 Å². The van der Waals surface area contributed by atoms with Crippen molar-refractivity contribution in [1.82, 2.24) is 0 Å². The Morgan fingerprint density at radius 1 is 1.06 bits per heavy atom.